The van der Waals surface area contributed by atoms with E-state index in [0.29, 0.717) is 37.6 Å². The third-order valence-corrected chi connectivity index (χ3v) is 6.38. The van der Waals surface area contributed by atoms with Gasteiger partial charge < -0.3 is 14.4 Å². The van der Waals surface area contributed by atoms with Crippen LogP contribution in [0.25, 0.3) is 5.57 Å². The summed E-state index contributed by atoms with van der Waals surface area (Å²) in [4.78, 5) is 31.3. The lowest BCUT2D eigenvalue weighted by Gasteiger charge is -2.28. The zero-order chi connectivity index (χ0) is 19.9. The largest absolute Gasteiger partial charge is 0.383 e. The highest BCUT2D eigenvalue weighted by Crippen LogP contribution is 2.37. The Hall–Kier alpha value is -1.70. The first-order valence-corrected chi connectivity index (χ1v) is 11.0. The molecule has 1 aromatic heterocycles. The van der Waals surface area contributed by atoms with Gasteiger partial charge in [0.2, 0.25) is 0 Å². The second kappa shape index (κ2) is 10.2. The number of carbonyl (C=O) groups excluding carboxylic acids is 2. The van der Waals surface area contributed by atoms with Crippen molar-refractivity contribution in [1.82, 2.24) is 9.80 Å². The highest BCUT2D eigenvalue weighted by molar-refractivity contribution is 7.11. The average molecular weight is 407 g/mol. The first-order valence-electron chi connectivity index (χ1n) is 10.1. The molecular formula is C21H30N2O4S. The van der Waals surface area contributed by atoms with Crippen molar-refractivity contribution in [3.63, 3.8) is 0 Å². The van der Waals surface area contributed by atoms with Crippen molar-refractivity contribution in [1.29, 1.82) is 0 Å². The van der Waals surface area contributed by atoms with E-state index in [4.69, 9.17) is 9.47 Å². The van der Waals surface area contributed by atoms with Crippen LogP contribution in [0.1, 0.15) is 43.4 Å². The summed E-state index contributed by atoms with van der Waals surface area (Å²) in [6, 6.07) is 3.85. The number of carbonyl (C=O) groups is 2. The van der Waals surface area contributed by atoms with E-state index in [1.54, 1.807) is 19.1 Å². The molecule has 2 heterocycles. The molecule has 1 saturated carbocycles. The number of ether oxygens (including phenoxy) is 2. The molecule has 0 bridgehead atoms. The monoisotopic (exact) mass is 406 g/mol. The lowest BCUT2D eigenvalue weighted by Crippen LogP contribution is -2.43. The van der Waals surface area contributed by atoms with Gasteiger partial charge in [0.05, 0.1) is 18.8 Å². The van der Waals surface area contributed by atoms with Gasteiger partial charge in [0, 0.05) is 38.2 Å². The van der Waals surface area contributed by atoms with Gasteiger partial charge in [-0.2, -0.15) is 0 Å². The van der Waals surface area contributed by atoms with E-state index in [1.165, 1.54) is 24.2 Å². The molecule has 0 unspecified atom stereocenters. The molecular weight excluding hydrogens is 376 g/mol. The van der Waals surface area contributed by atoms with Gasteiger partial charge in [-0.05, 0) is 24.3 Å². The summed E-state index contributed by atoms with van der Waals surface area (Å²) in [5.41, 5.74) is 1.04. The molecule has 7 heteroatoms. The van der Waals surface area contributed by atoms with E-state index in [0.717, 1.165) is 30.6 Å². The molecule has 0 saturated heterocycles. The third kappa shape index (κ3) is 4.47. The Kier molecular flexibility index (Phi) is 7.65. The highest BCUT2D eigenvalue weighted by atomic mass is 32.1. The van der Waals surface area contributed by atoms with Crippen LogP contribution in [0.4, 0.5) is 0 Å². The summed E-state index contributed by atoms with van der Waals surface area (Å²) in [6.45, 7) is 2.05. The number of imide groups is 1. The van der Waals surface area contributed by atoms with Gasteiger partial charge >= 0.3 is 0 Å². The number of rotatable bonds is 9. The summed E-state index contributed by atoms with van der Waals surface area (Å²) in [7, 11) is 3.28. The van der Waals surface area contributed by atoms with Gasteiger partial charge in [0.1, 0.15) is 5.70 Å². The third-order valence-electron chi connectivity index (χ3n) is 5.50. The van der Waals surface area contributed by atoms with E-state index in [1.807, 2.05) is 22.4 Å². The minimum atomic E-state index is -0.160. The van der Waals surface area contributed by atoms with Gasteiger partial charge in [-0.1, -0.05) is 31.7 Å². The van der Waals surface area contributed by atoms with Gasteiger partial charge in [-0.25, -0.2) is 0 Å². The maximum absolute atomic E-state index is 13.5. The maximum atomic E-state index is 13.5. The number of thiophene rings is 1. The Balaban J connectivity index is 1.97. The summed E-state index contributed by atoms with van der Waals surface area (Å²) >= 11 is 1.50. The minimum absolute atomic E-state index is 0.00154. The lowest BCUT2D eigenvalue weighted by molar-refractivity contribution is -0.140. The molecule has 0 aromatic carbocycles. The normalized spacial score (nSPS) is 18.9. The van der Waals surface area contributed by atoms with Crippen molar-refractivity contribution in [3.05, 3.63) is 28.1 Å². The van der Waals surface area contributed by atoms with E-state index in [-0.39, 0.29) is 17.9 Å². The van der Waals surface area contributed by atoms with Crippen LogP contribution in [0.5, 0.6) is 0 Å². The van der Waals surface area contributed by atoms with E-state index in [2.05, 4.69) is 0 Å². The summed E-state index contributed by atoms with van der Waals surface area (Å²) in [5, 5.41) is 1.95. The zero-order valence-corrected chi connectivity index (χ0v) is 17.6. The van der Waals surface area contributed by atoms with Gasteiger partial charge in [-0.15, -0.1) is 11.3 Å². The molecule has 1 aliphatic carbocycles. The SMILES string of the molecule is COCCN(CCOC)C1=C(c2cccs2)C(=O)N(C2CCCCCC2)C1=O. The molecule has 3 rings (SSSR count). The van der Waals surface area contributed by atoms with Crippen LogP contribution in [0, 0.1) is 0 Å². The Morgan fingerprint density at radius 3 is 2.21 bits per heavy atom. The predicted octanol–water partition coefficient (Wildman–Crippen LogP) is 3.15. The number of hydrogen-bond donors (Lipinski definition) is 0. The van der Waals surface area contributed by atoms with Crippen LogP contribution in [0.15, 0.2) is 23.2 Å². The molecule has 1 fully saturated rings. The minimum Gasteiger partial charge on any atom is -0.383 e. The van der Waals surface area contributed by atoms with E-state index < -0.39 is 0 Å². The Labute approximate surface area is 171 Å². The number of nitrogens with zero attached hydrogens (tertiary/aromatic N) is 2. The zero-order valence-electron chi connectivity index (χ0n) is 16.8. The van der Waals surface area contributed by atoms with Crippen LogP contribution in [0.2, 0.25) is 0 Å². The lowest BCUT2D eigenvalue weighted by atomic mass is 10.1. The summed E-state index contributed by atoms with van der Waals surface area (Å²) in [6.07, 6.45) is 6.30. The first kappa shape index (κ1) is 21.0. The molecule has 6 nitrogen and oxygen atoms in total. The van der Waals surface area contributed by atoms with Crippen molar-refractivity contribution >= 4 is 28.7 Å². The molecule has 2 aliphatic rings. The molecule has 1 aromatic rings. The van der Waals surface area contributed by atoms with Crippen LogP contribution < -0.4 is 0 Å². The number of hydrogen-bond acceptors (Lipinski definition) is 6. The standard InChI is InChI=1S/C21H30N2O4S/c1-26-13-11-22(12-14-27-2)19-18(17-10-7-15-28-17)20(24)23(21(19)25)16-8-5-3-4-6-9-16/h7,10,15-16H,3-6,8-9,11-14H2,1-2H3. The maximum Gasteiger partial charge on any atom is 0.278 e. The van der Waals surface area contributed by atoms with Crippen molar-refractivity contribution in [2.75, 3.05) is 40.5 Å². The number of methoxy groups -OCH3 is 2. The average Bonchev–Trinajstić information content (AvgIpc) is 3.20. The Morgan fingerprint density at radius 2 is 1.68 bits per heavy atom. The van der Waals surface area contributed by atoms with Crippen molar-refractivity contribution in [3.8, 4) is 0 Å². The predicted molar refractivity (Wildman–Crippen MR) is 110 cm³/mol. The fourth-order valence-corrected chi connectivity index (χ4v) is 4.82. The number of amides is 2. The first-order chi connectivity index (χ1) is 13.7. The molecule has 0 spiro atoms. The Bertz CT molecular complexity index is 685. The molecule has 0 radical (unpaired) electrons. The van der Waals surface area contributed by atoms with Crippen LogP contribution in [0.3, 0.4) is 0 Å². The quantitative estimate of drug-likeness (QED) is 0.466. The van der Waals surface area contributed by atoms with Crippen LogP contribution in [-0.2, 0) is 19.1 Å². The topological polar surface area (TPSA) is 59.1 Å². The Morgan fingerprint density at radius 1 is 1.04 bits per heavy atom. The van der Waals surface area contributed by atoms with Gasteiger partial charge in [0.15, 0.2) is 0 Å². The van der Waals surface area contributed by atoms with Crippen LogP contribution >= 0.6 is 11.3 Å². The highest BCUT2D eigenvalue weighted by Gasteiger charge is 2.44. The van der Waals surface area contributed by atoms with Crippen molar-refractivity contribution in [2.45, 2.75) is 44.6 Å². The fourth-order valence-electron chi connectivity index (χ4n) is 4.06. The fraction of sp³-hybridized carbons (Fsp3) is 0.619. The second-order valence-electron chi connectivity index (χ2n) is 7.30. The van der Waals surface area contributed by atoms with Gasteiger partial charge in [-0.3, -0.25) is 14.5 Å². The molecule has 1 aliphatic heterocycles. The van der Waals surface area contributed by atoms with E-state index >= 15 is 0 Å². The van der Waals surface area contributed by atoms with Crippen molar-refractivity contribution in [2.24, 2.45) is 0 Å². The molecule has 2 amide bonds. The van der Waals surface area contributed by atoms with Crippen LogP contribution in [-0.4, -0.2) is 68.2 Å². The molecule has 0 atom stereocenters. The van der Waals surface area contributed by atoms with Gasteiger partial charge in [0.25, 0.3) is 11.8 Å². The smallest absolute Gasteiger partial charge is 0.278 e. The molecule has 28 heavy (non-hydrogen) atoms. The molecule has 154 valence electrons. The summed E-state index contributed by atoms with van der Waals surface area (Å²) in [5.74, 6) is -0.304. The second-order valence-corrected chi connectivity index (χ2v) is 8.25. The van der Waals surface area contributed by atoms with Crippen molar-refractivity contribution < 1.29 is 19.1 Å². The summed E-state index contributed by atoms with van der Waals surface area (Å²) < 4.78 is 10.5. The van der Waals surface area contributed by atoms with E-state index in [9.17, 15) is 9.59 Å². The molecule has 0 N–H and O–H groups in total.